The molecule has 0 aliphatic carbocycles. The quantitative estimate of drug-likeness (QED) is 0.444. The largest absolute Gasteiger partial charge is 0.444 e. The summed E-state index contributed by atoms with van der Waals surface area (Å²) < 4.78 is 10.3. The van der Waals surface area contributed by atoms with E-state index in [0.29, 0.717) is 38.9 Å². The molecule has 0 fully saturated rings. The van der Waals surface area contributed by atoms with Crippen molar-refractivity contribution in [3.8, 4) is 0 Å². The van der Waals surface area contributed by atoms with Gasteiger partial charge in [-0.25, -0.2) is 9.59 Å². The summed E-state index contributed by atoms with van der Waals surface area (Å²) in [5.41, 5.74) is 4.19. The molecular formula is C18H36N4O5. The molecule has 0 spiro atoms. The molecule has 158 valence electrons. The fraction of sp³-hybridized carbons (Fsp3) is 0.833. The van der Waals surface area contributed by atoms with Gasteiger partial charge in [0.25, 0.3) is 0 Å². The van der Waals surface area contributed by atoms with Crippen molar-refractivity contribution < 1.29 is 23.9 Å². The van der Waals surface area contributed by atoms with Crippen LogP contribution in [0.5, 0.6) is 0 Å². The molecule has 5 N–H and O–H groups in total. The van der Waals surface area contributed by atoms with Gasteiger partial charge in [-0.1, -0.05) is 0 Å². The van der Waals surface area contributed by atoms with E-state index in [-0.39, 0.29) is 5.91 Å². The zero-order valence-corrected chi connectivity index (χ0v) is 17.4. The number of carbonyl (C=O) groups is 3. The number of nitrogens with two attached hydrogens (primary N) is 1. The molecule has 0 heterocycles. The van der Waals surface area contributed by atoms with Crippen LogP contribution in [0.1, 0.15) is 60.8 Å². The first-order valence-electron chi connectivity index (χ1n) is 9.28. The van der Waals surface area contributed by atoms with Gasteiger partial charge in [0.2, 0.25) is 5.91 Å². The van der Waals surface area contributed by atoms with Crippen LogP contribution in [0.15, 0.2) is 0 Å². The standard InChI is InChI=1S/C18H36N4O5/c1-17(2,3)26-15(24)21-11-8-7-9-13(14(23)20-12-10-19)22-16(25)27-18(4,5)6/h13H,7-12,19H2,1-6H3,(H,20,23)(H,21,24)(H,22,25)/t13-/m0/s1. The van der Waals surface area contributed by atoms with Crippen LogP contribution in [0.25, 0.3) is 0 Å². The summed E-state index contributed by atoms with van der Waals surface area (Å²) in [5, 5.41) is 7.91. The predicted octanol–water partition coefficient (Wildman–Crippen LogP) is 1.65. The second-order valence-electron chi connectivity index (χ2n) is 8.20. The minimum absolute atomic E-state index is 0.310. The van der Waals surface area contributed by atoms with E-state index in [1.807, 2.05) is 0 Å². The number of nitrogens with one attached hydrogen (secondary N) is 3. The van der Waals surface area contributed by atoms with Crippen molar-refractivity contribution in [2.75, 3.05) is 19.6 Å². The lowest BCUT2D eigenvalue weighted by Crippen LogP contribution is -2.49. The number of hydrogen-bond donors (Lipinski definition) is 4. The van der Waals surface area contributed by atoms with E-state index >= 15 is 0 Å². The van der Waals surface area contributed by atoms with Crippen molar-refractivity contribution in [3.63, 3.8) is 0 Å². The minimum Gasteiger partial charge on any atom is -0.444 e. The zero-order valence-electron chi connectivity index (χ0n) is 17.4. The van der Waals surface area contributed by atoms with Crippen LogP contribution in [0, 0.1) is 0 Å². The lowest BCUT2D eigenvalue weighted by molar-refractivity contribution is -0.123. The molecule has 0 radical (unpaired) electrons. The Morgan fingerprint density at radius 2 is 1.41 bits per heavy atom. The van der Waals surface area contributed by atoms with Crippen molar-refractivity contribution in [2.24, 2.45) is 5.73 Å². The number of alkyl carbamates (subject to hydrolysis) is 2. The average Bonchev–Trinajstić information content (AvgIpc) is 2.47. The third kappa shape index (κ3) is 14.8. The van der Waals surface area contributed by atoms with E-state index in [1.54, 1.807) is 41.5 Å². The van der Waals surface area contributed by atoms with E-state index in [4.69, 9.17) is 15.2 Å². The highest BCUT2D eigenvalue weighted by Crippen LogP contribution is 2.09. The molecule has 27 heavy (non-hydrogen) atoms. The van der Waals surface area contributed by atoms with Crippen LogP contribution in [-0.2, 0) is 14.3 Å². The number of hydrogen-bond acceptors (Lipinski definition) is 6. The fourth-order valence-corrected chi connectivity index (χ4v) is 2.02. The van der Waals surface area contributed by atoms with Gasteiger partial charge in [0.05, 0.1) is 0 Å². The van der Waals surface area contributed by atoms with Crippen molar-refractivity contribution in [1.82, 2.24) is 16.0 Å². The highest BCUT2D eigenvalue weighted by atomic mass is 16.6. The lowest BCUT2D eigenvalue weighted by atomic mass is 10.1. The summed E-state index contributed by atoms with van der Waals surface area (Å²) in [6.45, 7) is 11.7. The van der Waals surface area contributed by atoms with Gasteiger partial charge in [0.1, 0.15) is 17.2 Å². The van der Waals surface area contributed by atoms with Gasteiger partial charge < -0.3 is 31.2 Å². The molecule has 0 saturated heterocycles. The average molecular weight is 389 g/mol. The first kappa shape index (κ1) is 25.0. The molecule has 0 aromatic rings. The SMILES string of the molecule is CC(C)(C)OC(=O)NCCCC[C@H](NC(=O)OC(C)(C)C)C(=O)NCCN. The van der Waals surface area contributed by atoms with Crippen LogP contribution in [0.4, 0.5) is 9.59 Å². The minimum atomic E-state index is -0.729. The molecule has 0 bridgehead atoms. The number of rotatable bonds is 9. The van der Waals surface area contributed by atoms with Gasteiger partial charge in [-0.2, -0.15) is 0 Å². The maximum atomic E-state index is 12.2. The zero-order chi connectivity index (χ0) is 21.1. The molecular weight excluding hydrogens is 352 g/mol. The summed E-state index contributed by atoms with van der Waals surface area (Å²) in [6, 6.07) is -0.729. The molecule has 9 heteroatoms. The predicted molar refractivity (Wildman–Crippen MR) is 103 cm³/mol. The molecule has 0 unspecified atom stereocenters. The summed E-state index contributed by atoms with van der Waals surface area (Å²) in [7, 11) is 0. The second-order valence-corrected chi connectivity index (χ2v) is 8.20. The van der Waals surface area contributed by atoms with Crippen LogP contribution < -0.4 is 21.7 Å². The maximum absolute atomic E-state index is 12.2. The smallest absolute Gasteiger partial charge is 0.408 e. The molecule has 0 aromatic carbocycles. The molecule has 0 rings (SSSR count). The molecule has 0 aliphatic heterocycles. The van der Waals surface area contributed by atoms with Crippen molar-refractivity contribution in [1.29, 1.82) is 0 Å². The third-order valence-electron chi connectivity index (χ3n) is 3.04. The summed E-state index contributed by atoms with van der Waals surface area (Å²) in [5.74, 6) is -0.314. The Labute approximate surface area is 162 Å². The number of carbonyl (C=O) groups excluding carboxylic acids is 3. The summed E-state index contributed by atoms with van der Waals surface area (Å²) >= 11 is 0. The number of ether oxygens (including phenoxy) is 2. The number of amides is 3. The van der Waals surface area contributed by atoms with Gasteiger partial charge in [0, 0.05) is 19.6 Å². The van der Waals surface area contributed by atoms with E-state index < -0.39 is 29.4 Å². The molecule has 0 aromatic heterocycles. The monoisotopic (exact) mass is 388 g/mol. The van der Waals surface area contributed by atoms with E-state index in [9.17, 15) is 14.4 Å². The van der Waals surface area contributed by atoms with Crippen LogP contribution in [0.2, 0.25) is 0 Å². The van der Waals surface area contributed by atoms with Crippen LogP contribution >= 0.6 is 0 Å². The second kappa shape index (κ2) is 11.6. The van der Waals surface area contributed by atoms with Gasteiger partial charge >= 0.3 is 12.2 Å². The van der Waals surface area contributed by atoms with Crippen molar-refractivity contribution in [3.05, 3.63) is 0 Å². The Morgan fingerprint density at radius 3 is 1.93 bits per heavy atom. The Bertz CT molecular complexity index is 483. The summed E-state index contributed by atoms with van der Waals surface area (Å²) in [4.78, 5) is 35.7. The Morgan fingerprint density at radius 1 is 0.852 bits per heavy atom. The Balaban J connectivity index is 4.41. The van der Waals surface area contributed by atoms with Gasteiger partial charge in [-0.15, -0.1) is 0 Å². The van der Waals surface area contributed by atoms with Crippen molar-refractivity contribution in [2.45, 2.75) is 78.0 Å². The Hall–Kier alpha value is -2.03. The molecule has 3 amide bonds. The lowest BCUT2D eigenvalue weighted by Gasteiger charge is -2.23. The number of unbranched alkanes of at least 4 members (excludes halogenated alkanes) is 1. The van der Waals surface area contributed by atoms with E-state index in [0.717, 1.165) is 0 Å². The highest BCUT2D eigenvalue weighted by Gasteiger charge is 2.24. The molecule has 0 aliphatic rings. The first-order chi connectivity index (χ1) is 12.3. The van der Waals surface area contributed by atoms with E-state index in [2.05, 4.69) is 16.0 Å². The van der Waals surface area contributed by atoms with Gasteiger partial charge in [-0.3, -0.25) is 4.79 Å². The van der Waals surface area contributed by atoms with E-state index in [1.165, 1.54) is 0 Å². The fourth-order valence-electron chi connectivity index (χ4n) is 2.02. The van der Waals surface area contributed by atoms with Crippen LogP contribution in [-0.4, -0.2) is 55.0 Å². The maximum Gasteiger partial charge on any atom is 0.408 e. The highest BCUT2D eigenvalue weighted by molar-refractivity contribution is 5.85. The third-order valence-corrected chi connectivity index (χ3v) is 3.04. The van der Waals surface area contributed by atoms with Gasteiger partial charge in [-0.05, 0) is 60.8 Å². The van der Waals surface area contributed by atoms with Gasteiger partial charge in [0.15, 0.2) is 0 Å². The first-order valence-corrected chi connectivity index (χ1v) is 9.28. The van der Waals surface area contributed by atoms with Crippen LogP contribution in [0.3, 0.4) is 0 Å². The topological polar surface area (TPSA) is 132 Å². The summed E-state index contributed by atoms with van der Waals surface area (Å²) in [6.07, 6.45) is 0.530. The molecule has 9 nitrogen and oxygen atoms in total. The molecule has 1 atom stereocenters. The van der Waals surface area contributed by atoms with Crippen molar-refractivity contribution >= 4 is 18.1 Å². The normalized spacial score (nSPS) is 12.7. The Kier molecular flexibility index (Phi) is 10.8. The molecule has 0 saturated carbocycles.